The number of ether oxygens (including phenoxy) is 2. The van der Waals surface area contributed by atoms with Gasteiger partial charge >= 0.3 is 6.18 Å². The van der Waals surface area contributed by atoms with E-state index in [4.69, 9.17) is 9.47 Å². The Morgan fingerprint density at radius 3 is 2.43 bits per heavy atom. The molecule has 6 nitrogen and oxygen atoms in total. The number of amidine groups is 1. The smallest absolute Gasteiger partial charge is 0.388 e. The second-order valence-electron chi connectivity index (χ2n) is 7.12. The van der Waals surface area contributed by atoms with Crippen molar-refractivity contribution >= 4 is 16.9 Å². The van der Waals surface area contributed by atoms with E-state index < -0.39 is 42.1 Å². The fourth-order valence-corrected chi connectivity index (χ4v) is 4.23. The zero-order valence-corrected chi connectivity index (χ0v) is 16.4. The van der Waals surface area contributed by atoms with Crippen LogP contribution in [0.4, 0.5) is 13.2 Å². The highest BCUT2D eigenvalue weighted by molar-refractivity contribution is 8.14. The fourth-order valence-electron chi connectivity index (χ4n) is 3.09. The number of fused-ring (bicyclic) bond motifs is 1. The summed E-state index contributed by atoms with van der Waals surface area (Å²) < 4.78 is 51.7. The predicted octanol–water partition coefficient (Wildman–Crippen LogP) is 1.92. The van der Waals surface area contributed by atoms with Crippen molar-refractivity contribution in [2.75, 3.05) is 14.1 Å². The topological polar surface area (TPSA) is 74.5 Å². The summed E-state index contributed by atoms with van der Waals surface area (Å²) in [4.78, 5) is 5.92. The molecule has 0 radical (unpaired) electrons. The molecule has 2 aliphatic heterocycles. The molecule has 2 aliphatic rings. The SMILES string of the molecule is Cc1ccc(CO[C@H](C2O[C@@H]3SC(N(C)C)=N[C@@H]3[C@@H](O)[C@@H]2O)C(F)(F)F)cc1. The lowest BCUT2D eigenvalue weighted by atomic mass is 9.94. The first-order valence-electron chi connectivity index (χ1n) is 8.75. The van der Waals surface area contributed by atoms with Gasteiger partial charge in [-0.3, -0.25) is 4.99 Å². The zero-order chi connectivity index (χ0) is 20.6. The number of halogens is 3. The van der Waals surface area contributed by atoms with Gasteiger partial charge in [0.1, 0.15) is 29.8 Å². The number of benzene rings is 1. The molecule has 0 aliphatic carbocycles. The molecular formula is C18H23F3N2O4S. The molecule has 2 heterocycles. The highest BCUT2D eigenvalue weighted by Crippen LogP contribution is 2.41. The first-order valence-corrected chi connectivity index (χ1v) is 9.63. The predicted molar refractivity (Wildman–Crippen MR) is 99.0 cm³/mol. The fraction of sp³-hybridized carbons (Fsp3) is 0.611. The Morgan fingerprint density at radius 2 is 1.86 bits per heavy atom. The van der Waals surface area contributed by atoms with Crippen LogP contribution in [0.1, 0.15) is 11.1 Å². The van der Waals surface area contributed by atoms with Crippen LogP contribution in [0.15, 0.2) is 29.3 Å². The van der Waals surface area contributed by atoms with Crippen LogP contribution < -0.4 is 0 Å². The summed E-state index contributed by atoms with van der Waals surface area (Å²) in [7, 11) is 3.46. The van der Waals surface area contributed by atoms with Gasteiger partial charge in [-0.05, 0) is 12.5 Å². The number of alkyl halides is 3. The monoisotopic (exact) mass is 420 g/mol. The standard InChI is InChI=1S/C18H23F3N2O4S/c1-9-4-6-10(7-5-9)8-26-15(18(19,20)21)14-13(25)12(24)11-16(27-14)28-17(22-11)23(2)3/h4-7,11-16,24-25H,8H2,1-3H3/t11-,12-,13+,14?,15-,16-/m1/s1. The number of thioether (sulfide) groups is 1. The van der Waals surface area contributed by atoms with E-state index in [-0.39, 0.29) is 6.61 Å². The number of aliphatic hydroxyl groups excluding tert-OH is 2. The van der Waals surface area contributed by atoms with E-state index in [9.17, 15) is 23.4 Å². The summed E-state index contributed by atoms with van der Waals surface area (Å²) in [5, 5.41) is 21.2. The van der Waals surface area contributed by atoms with Crippen molar-refractivity contribution in [3.05, 3.63) is 35.4 Å². The molecule has 1 saturated heterocycles. The van der Waals surface area contributed by atoms with E-state index in [2.05, 4.69) is 4.99 Å². The number of aliphatic imine (C=N–C) groups is 1. The first kappa shape index (κ1) is 21.4. The maximum atomic E-state index is 13.7. The van der Waals surface area contributed by atoms with Crippen LogP contribution in [0.25, 0.3) is 0 Å². The Kier molecular flexibility index (Phi) is 6.26. The molecule has 0 aromatic heterocycles. The number of aliphatic hydroxyl groups is 2. The van der Waals surface area contributed by atoms with Crippen molar-refractivity contribution in [2.24, 2.45) is 4.99 Å². The Hall–Kier alpha value is -1.33. The summed E-state index contributed by atoms with van der Waals surface area (Å²) in [6.07, 6.45) is -12.2. The molecule has 28 heavy (non-hydrogen) atoms. The minimum Gasteiger partial charge on any atom is -0.388 e. The quantitative estimate of drug-likeness (QED) is 0.776. The summed E-state index contributed by atoms with van der Waals surface area (Å²) >= 11 is 1.12. The van der Waals surface area contributed by atoms with Gasteiger partial charge in [-0.1, -0.05) is 41.6 Å². The van der Waals surface area contributed by atoms with Gasteiger partial charge in [0.15, 0.2) is 11.3 Å². The molecule has 1 unspecified atom stereocenters. The lowest BCUT2D eigenvalue weighted by molar-refractivity contribution is -0.286. The van der Waals surface area contributed by atoms with Crippen LogP contribution in [-0.2, 0) is 16.1 Å². The molecule has 156 valence electrons. The van der Waals surface area contributed by atoms with Gasteiger partial charge in [-0.25, -0.2) is 0 Å². The van der Waals surface area contributed by atoms with Gasteiger partial charge in [0.2, 0.25) is 0 Å². The Labute approximate surface area is 165 Å². The molecule has 0 amide bonds. The molecular weight excluding hydrogens is 397 g/mol. The average Bonchev–Trinajstić information content (AvgIpc) is 3.04. The third kappa shape index (κ3) is 4.46. The van der Waals surface area contributed by atoms with E-state index in [0.717, 1.165) is 17.3 Å². The highest BCUT2D eigenvalue weighted by Gasteiger charge is 2.57. The molecule has 10 heteroatoms. The van der Waals surface area contributed by atoms with E-state index in [1.807, 2.05) is 6.92 Å². The molecule has 2 N–H and O–H groups in total. The van der Waals surface area contributed by atoms with E-state index in [1.54, 1.807) is 43.3 Å². The van der Waals surface area contributed by atoms with Gasteiger partial charge in [0, 0.05) is 14.1 Å². The highest BCUT2D eigenvalue weighted by atomic mass is 32.2. The molecule has 0 saturated carbocycles. The second-order valence-corrected chi connectivity index (χ2v) is 8.19. The van der Waals surface area contributed by atoms with Crippen molar-refractivity contribution in [3.8, 4) is 0 Å². The van der Waals surface area contributed by atoms with Crippen molar-refractivity contribution in [3.63, 3.8) is 0 Å². The first-order chi connectivity index (χ1) is 13.1. The second kappa shape index (κ2) is 8.19. The maximum absolute atomic E-state index is 13.7. The summed E-state index contributed by atoms with van der Waals surface area (Å²) in [6, 6.07) is 6.07. The molecule has 1 fully saturated rings. The lowest BCUT2D eigenvalue weighted by Crippen LogP contribution is -2.61. The number of rotatable bonds is 4. The van der Waals surface area contributed by atoms with Gasteiger partial charge in [0.25, 0.3) is 0 Å². The van der Waals surface area contributed by atoms with Crippen LogP contribution in [-0.4, -0.2) is 76.4 Å². The minimum absolute atomic E-state index is 0.298. The number of hydrogen-bond donors (Lipinski definition) is 2. The zero-order valence-electron chi connectivity index (χ0n) is 15.6. The van der Waals surface area contributed by atoms with Gasteiger partial charge in [-0.2, -0.15) is 13.2 Å². The van der Waals surface area contributed by atoms with Crippen molar-refractivity contribution < 1.29 is 32.9 Å². The number of hydrogen-bond acceptors (Lipinski definition) is 7. The Balaban J connectivity index is 1.76. The van der Waals surface area contributed by atoms with Crippen LogP contribution in [0, 0.1) is 6.92 Å². The normalized spacial score (nSPS) is 31.3. The largest absolute Gasteiger partial charge is 0.417 e. The van der Waals surface area contributed by atoms with Gasteiger partial charge < -0.3 is 24.6 Å². The van der Waals surface area contributed by atoms with Crippen molar-refractivity contribution in [1.82, 2.24) is 4.90 Å². The minimum atomic E-state index is -4.78. The third-order valence-corrected chi connectivity index (χ3v) is 5.94. The number of nitrogens with zero attached hydrogens (tertiary/aromatic N) is 2. The van der Waals surface area contributed by atoms with Gasteiger partial charge in [0.05, 0.1) is 6.61 Å². The van der Waals surface area contributed by atoms with Gasteiger partial charge in [-0.15, -0.1) is 0 Å². The Bertz CT molecular complexity index is 714. The van der Waals surface area contributed by atoms with Crippen LogP contribution in [0.3, 0.4) is 0 Å². The van der Waals surface area contributed by atoms with E-state index in [0.29, 0.717) is 10.7 Å². The molecule has 0 bridgehead atoms. The molecule has 1 aromatic rings. The molecule has 0 spiro atoms. The third-order valence-electron chi connectivity index (χ3n) is 4.64. The maximum Gasteiger partial charge on any atom is 0.417 e. The van der Waals surface area contributed by atoms with Crippen LogP contribution >= 0.6 is 11.8 Å². The Morgan fingerprint density at radius 1 is 1.21 bits per heavy atom. The summed E-state index contributed by atoms with van der Waals surface area (Å²) in [5.41, 5.74) is 0.719. The molecule has 3 rings (SSSR count). The van der Waals surface area contributed by atoms with Crippen LogP contribution in [0.5, 0.6) is 0 Å². The summed E-state index contributed by atoms with van der Waals surface area (Å²) in [5.74, 6) is 0. The summed E-state index contributed by atoms with van der Waals surface area (Å²) in [6.45, 7) is 1.57. The lowest BCUT2D eigenvalue weighted by Gasteiger charge is -2.41. The molecule has 1 aromatic carbocycles. The van der Waals surface area contributed by atoms with E-state index >= 15 is 0 Å². The van der Waals surface area contributed by atoms with E-state index in [1.165, 1.54) is 0 Å². The van der Waals surface area contributed by atoms with Crippen molar-refractivity contribution in [1.29, 1.82) is 0 Å². The van der Waals surface area contributed by atoms with Crippen molar-refractivity contribution in [2.45, 2.75) is 55.6 Å². The molecule has 6 atom stereocenters. The van der Waals surface area contributed by atoms with Crippen LogP contribution in [0.2, 0.25) is 0 Å². The average molecular weight is 420 g/mol. The number of aryl methyl sites for hydroxylation is 1.